The number of anilines is 1. The summed E-state index contributed by atoms with van der Waals surface area (Å²) in [4.78, 5) is 0. The second-order valence-electron chi connectivity index (χ2n) is 3.01. The van der Waals surface area contributed by atoms with Gasteiger partial charge in [-0.2, -0.15) is 0 Å². The molecule has 4 heteroatoms. The Morgan fingerprint density at radius 1 is 1.50 bits per heavy atom. The van der Waals surface area contributed by atoms with Crippen LogP contribution < -0.4 is 10.5 Å². The molecule has 0 fully saturated rings. The largest absolute Gasteiger partial charge is 0.491 e. The van der Waals surface area contributed by atoms with Gasteiger partial charge in [0.05, 0.1) is 16.8 Å². The summed E-state index contributed by atoms with van der Waals surface area (Å²) in [6.07, 6.45) is 2.02. The number of hydrogen-bond donors (Lipinski definition) is 1. The van der Waals surface area contributed by atoms with E-state index >= 15 is 0 Å². The van der Waals surface area contributed by atoms with E-state index in [0.29, 0.717) is 22.5 Å². The van der Waals surface area contributed by atoms with Gasteiger partial charge in [0, 0.05) is 6.07 Å². The van der Waals surface area contributed by atoms with Crippen molar-refractivity contribution in [2.24, 2.45) is 0 Å². The maximum atomic E-state index is 13.0. The molecule has 0 aliphatic heterocycles. The van der Waals surface area contributed by atoms with Gasteiger partial charge in [0.15, 0.2) is 0 Å². The third-order valence-electron chi connectivity index (χ3n) is 1.81. The molecule has 0 saturated carbocycles. The number of halogens is 2. The minimum absolute atomic E-state index is 0.335. The van der Waals surface area contributed by atoms with Crippen molar-refractivity contribution in [3.8, 4) is 5.75 Å². The second-order valence-corrected chi connectivity index (χ2v) is 3.86. The highest BCUT2D eigenvalue weighted by molar-refractivity contribution is 9.10. The number of ether oxygens (including phenoxy) is 1. The molecule has 0 aromatic heterocycles. The summed E-state index contributed by atoms with van der Waals surface area (Å²) in [5, 5.41) is 0. The fourth-order valence-corrected chi connectivity index (χ4v) is 1.32. The normalized spacial score (nSPS) is 10.2. The average molecular weight is 262 g/mol. The van der Waals surface area contributed by atoms with Gasteiger partial charge in [0.2, 0.25) is 0 Å². The minimum Gasteiger partial charge on any atom is -0.491 e. The van der Waals surface area contributed by atoms with Crippen LogP contribution >= 0.6 is 15.9 Å². The molecular weight excluding hydrogens is 249 g/mol. The van der Waals surface area contributed by atoms with Gasteiger partial charge < -0.3 is 10.5 Å². The molecule has 0 bridgehead atoms. The Hall–Kier alpha value is -0.770. The van der Waals surface area contributed by atoms with Gasteiger partial charge >= 0.3 is 0 Å². The van der Waals surface area contributed by atoms with E-state index in [1.165, 1.54) is 6.07 Å². The summed E-state index contributed by atoms with van der Waals surface area (Å²) in [6.45, 7) is 2.69. The van der Waals surface area contributed by atoms with Crippen molar-refractivity contribution in [1.82, 2.24) is 0 Å². The van der Waals surface area contributed by atoms with Gasteiger partial charge in [0.1, 0.15) is 11.6 Å². The van der Waals surface area contributed by atoms with Crippen molar-refractivity contribution in [2.45, 2.75) is 19.8 Å². The standard InChI is InChI=1S/C10H13BrFNO/c1-2-3-4-14-10-5-7(11)8(12)6-9(10)13/h5-6H,2-4,13H2,1H3. The number of unbranched alkanes of at least 4 members (excludes halogenated alkanes) is 1. The van der Waals surface area contributed by atoms with Gasteiger partial charge in [0.25, 0.3) is 0 Å². The summed E-state index contributed by atoms with van der Waals surface area (Å²) in [6, 6.07) is 2.81. The predicted octanol–water partition coefficient (Wildman–Crippen LogP) is 3.35. The molecule has 0 aliphatic carbocycles. The van der Waals surface area contributed by atoms with Crippen LogP contribution in [0.1, 0.15) is 19.8 Å². The van der Waals surface area contributed by atoms with E-state index in [0.717, 1.165) is 12.8 Å². The monoisotopic (exact) mass is 261 g/mol. The Morgan fingerprint density at radius 3 is 2.86 bits per heavy atom. The molecule has 1 rings (SSSR count). The molecule has 1 aromatic carbocycles. The molecule has 78 valence electrons. The molecule has 0 atom stereocenters. The van der Waals surface area contributed by atoms with Crippen molar-refractivity contribution in [2.75, 3.05) is 12.3 Å². The first-order chi connectivity index (χ1) is 6.65. The average Bonchev–Trinajstić information content (AvgIpc) is 2.14. The zero-order valence-electron chi connectivity index (χ0n) is 8.02. The van der Waals surface area contributed by atoms with Crippen LogP contribution in [0.2, 0.25) is 0 Å². The van der Waals surface area contributed by atoms with Crippen molar-refractivity contribution < 1.29 is 9.13 Å². The fraction of sp³-hybridized carbons (Fsp3) is 0.400. The Balaban J connectivity index is 2.72. The van der Waals surface area contributed by atoms with Crippen LogP contribution in [0, 0.1) is 5.82 Å². The van der Waals surface area contributed by atoms with Gasteiger partial charge in [-0.15, -0.1) is 0 Å². The highest BCUT2D eigenvalue weighted by atomic mass is 79.9. The molecule has 14 heavy (non-hydrogen) atoms. The Labute approximate surface area is 91.4 Å². The summed E-state index contributed by atoms with van der Waals surface area (Å²) in [5.41, 5.74) is 5.92. The molecule has 2 N–H and O–H groups in total. The van der Waals surface area contributed by atoms with Gasteiger partial charge in [-0.1, -0.05) is 13.3 Å². The molecule has 2 nitrogen and oxygen atoms in total. The summed E-state index contributed by atoms with van der Waals surface area (Å²) in [7, 11) is 0. The lowest BCUT2D eigenvalue weighted by Crippen LogP contribution is -2.00. The number of benzene rings is 1. The van der Waals surface area contributed by atoms with E-state index in [4.69, 9.17) is 10.5 Å². The minimum atomic E-state index is -0.370. The number of nitrogens with two attached hydrogens (primary N) is 1. The molecule has 0 aliphatic rings. The number of rotatable bonds is 4. The molecule has 1 aromatic rings. The topological polar surface area (TPSA) is 35.2 Å². The smallest absolute Gasteiger partial charge is 0.143 e. The van der Waals surface area contributed by atoms with Crippen molar-refractivity contribution in [3.63, 3.8) is 0 Å². The first-order valence-electron chi connectivity index (χ1n) is 4.52. The van der Waals surface area contributed by atoms with Crippen molar-refractivity contribution >= 4 is 21.6 Å². The Morgan fingerprint density at radius 2 is 2.21 bits per heavy atom. The predicted molar refractivity (Wildman–Crippen MR) is 58.9 cm³/mol. The van der Waals surface area contributed by atoms with Crippen LogP contribution in [0.15, 0.2) is 16.6 Å². The maximum Gasteiger partial charge on any atom is 0.143 e. The third kappa shape index (κ3) is 2.87. The van der Waals surface area contributed by atoms with Gasteiger partial charge in [-0.05, 0) is 28.4 Å². The fourth-order valence-electron chi connectivity index (χ4n) is 0.995. The zero-order valence-corrected chi connectivity index (χ0v) is 9.60. The van der Waals surface area contributed by atoms with E-state index in [-0.39, 0.29) is 5.82 Å². The lowest BCUT2D eigenvalue weighted by atomic mass is 10.3. The van der Waals surface area contributed by atoms with E-state index in [1.807, 2.05) is 0 Å². The summed E-state index contributed by atoms with van der Waals surface area (Å²) >= 11 is 3.08. The third-order valence-corrected chi connectivity index (χ3v) is 2.42. The highest BCUT2D eigenvalue weighted by Crippen LogP contribution is 2.28. The Bertz CT molecular complexity index is 317. The molecule has 0 unspecified atom stereocenters. The summed E-state index contributed by atoms with van der Waals surface area (Å²) < 4.78 is 18.7. The maximum absolute atomic E-state index is 13.0. The van der Waals surface area contributed by atoms with Gasteiger partial charge in [-0.3, -0.25) is 0 Å². The first kappa shape index (κ1) is 11.3. The first-order valence-corrected chi connectivity index (χ1v) is 5.31. The number of nitrogen functional groups attached to an aromatic ring is 1. The Kier molecular flexibility index (Phi) is 4.20. The summed E-state index contributed by atoms with van der Waals surface area (Å²) in [5.74, 6) is 0.164. The zero-order chi connectivity index (χ0) is 10.6. The van der Waals surface area contributed by atoms with Crippen molar-refractivity contribution in [3.05, 3.63) is 22.4 Å². The van der Waals surface area contributed by atoms with E-state index in [1.54, 1.807) is 6.07 Å². The molecule has 0 heterocycles. The molecule has 0 spiro atoms. The highest BCUT2D eigenvalue weighted by Gasteiger charge is 2.06. The van der Waals surface area contributed by atoms with Gasteiger partial charge in [-0.25, -0.2) is 4.39 Å². The molecular formula is C10H13BrFNO. The molecule has 0 saturated heterocycles. The second kappa shape index (κ2) is 5.20. The lowest BCUT2D eigenvalue weighted by Gasteiger charge is -2.08. The van der Waals surface area contributed by atoms with Crippen LogP contribution in [-0.4, -0.2) is 6.61 Å². The molecule has 0 amide bonds. The van der Waals surface area contributed by atoms with E-state index in [2.05, 4.69) is 22.9 Å². The van der Waals surface area contributed by atoms with Crippen LogP contribution in [0.5, 0.6) is 5.75 Å². The van der Waals surface area contributed by atoms with Crippen LogP contribution in [-0.2, 0) is 0 Å². The van der Waals surface area contributed by atoms with Crippen LogP contribution in [0.4, 0.5) is 10.1 Å². The van der Waals surface area contributed by atoms with Crippen LogP contribution in [0.3, 0.4) is 0 Å². The quantitative estimate of drug-likeness (QED) is 0.667. The van der Waals surface area contributed by atoms with E-state index in [9.17, 15) is 4.39 Å². The molecule has 0 radical (unpaired) electrons. The van der Waals surface area contributed by atoms with E-state index < -0.39 is 0 Å². The van der Waals surface area contributed by atoms with Crippen LogP contribution in [0.25, 0.3) is 0 Å². The number of hydrogen-bond acceptors (Lipinski definition) is 2. The van der Waals surface area contributed by atoms with Crippen molar-refractivity contribution in [1.29, 1.82) is 0 Å². The lowest BCUT2D eigenvalue weighted by molar-refractivity contribution is 0.310. The SMILES string of the molecule is CCCCOc1cc(Br)c(F)cc1N.